The van der Waals surface area contributed by atoms with Gasteiger partial charge in [-0.1, -0.05) is 24.8 Å². The number of aliphatic hydroxyl groups is 1. The predicted octanol–water partition coefficient (Wildman–Crippen LogP) is 3.82. The number of nitrogens with one attached hydrogen (secondary N) is 2. The molecular weight excluding hydrogens is 499 g/mol. The van der Waals surface area contributed by atoms with Gasteiger partial charge >= 0.3 is 0 Å². The van der Waals surface area contributed by atoms with Crippen LogP contribution in [-0.4, -0.2) is 30.5 Å². The van der Waals surface area contributed by atoms with Gasteiger partial charge in [0.1, 0.15) is 11.5 Å². The van der Waals surface area contributed by atoms with Gasteiger partial charge in [-0.25, -0.2) is 9.37 Å². The van der Waals surface area contributed by atoms with Crippen molar-refractivity contribution in [3.8, 4) is 16.9 Å². The van der Waals surface area contributed by atoms with E-state index in [1.165, 1.54) is 16.7 Å². The Morgan fingerprint density at radius 3 is 2.82 bits per heavy atom. The van der Waals surface area contributed by atoms with Gasteiger partial charge in [-0.15, -0.1) is 0 Å². The molecule has 1 aliphatic rings. The van der Waals surface area contributed by atoms with Crippen LogP contribution >= 0.6 is 0 Å². The molecule has 5 aromatic rings. The number of hydrogen-bond acceptors (Lipinski definition) is 6. The molecular formula is C29H25FN6O3. The maximum atomic E-state index is 15.1. The molecule has 0 atom stereocenters. The van der Waals surface area contributed by atoms with Crippen LogP contribution in [0.25, 0.3) is 38.8 Å². The molecule has 3 heterocycles. The first kappa shape index (κ1) is 24.5. The quantitative estimate of drug-likeness (QED) is 0.239. The number of aromatic nitrogens is 4. The largest absolute Gasteiger partial charge is 0.392 e. The second kappa shape index (κ2) is 9.48. The number of carbonyl (C=O) groups excluding carboxylic acids is 1. The third-order valence-corrected chi connectivity index (χ3v) is 7.05. The van der Waals surface area contributed by atoms with Gasteiger partial charge in [0, 0.05) is 28.4 Å². The normalized spacial score (nSPS) is 13.2. The summed E-state index contributed by atoms with van der Waals surface area (Å²) in [6, 6.07) is 12.0. The summed E-state index contributed by atoms with van der Waals surface area (Å²) in [7, 11) is 0. The fourth-order valence-corrected chi connectivity index (χ4v) is 5.02. The third-order valence-electron chi connectivity index (χ3n) is 7.05. The number of aromatic amines is 1. The van der Waals surface area contributed by atoms with Gasteiger partial charge in [0.05, 0.1) is 29.9 Å². The topological polar surface area (TPSA) is 139 Å². The summed E-state index contributed by atoms with van der Waals surface area (Å²) in [5.74, 6) is -0.514. The van der Waals surface area contributed by atoms with Crippen LogP contribution in [0.2, 0.25) is 0 Å². The highest BCUT2D eigenvalue weighted by Gasteiger charge is 2.25. The summed E-state index contributed by atoms with van der Waals surface area (Å²) in [6.45, 7) is 3.23. The zero-order valence-corrected chi connectivity index (χ0v) is 20.9. The van der Waals surface area contributed by atoms with Crippen LogP contribution in [0, 0.1) is 5.82 Å². The molecule has 10 heteroatoms. The number of nitrogen functional groups attached to an aromatic ring is 1. The first-order valence-corrected chi connectivity index (χ1v) is 12.5. The Hall–Kier alpha value is -4.83. The molecule has 5 N–H and O–H groups in total. The Morgan fingerprint density at radius 1 is 1.26 bits per heavy atom. The van der Waals surface area contributed by atoms with Gasteiger partial charge in [-0.2, -0.15) is 4.98 Å². The zero-order chi connectivity index (χ0) is 27.3. The molecule has 39 heavy (non-hydrogen) atoms. The first-order chi connectivity index (χ1) is 18.9. The monoisotopic (exact) mass is 524 g/mol. The number of nitrogens with two attached hydrogens (primary N) is 1. The van der Waals surface area contributed by atoms with Crippen molar-refractivity contribution in [2.24, 2.45) is 0 Å². The van der Waals surface area contributed by atoms with Crippen LogP contribution in [0.1, 0.15) is 35.6 Å². The van der Waals surface area contributed by atoms with E-state index in [0.717, 1.165) is 18.4 Å². The second-order valence-corrected chi connectivity index (χ2v) is 9.60. The maximum Gasteiger partial charge on any atom is 0.265 e. The van der Waals surface area contributed by atoms with Crippen LogP contribution < -0.4 is 16.6 Å². The summed E-state index contributed by atoms with van der Waals surface area (Å²) in [6.07, 6.45) is 4.83. The Balaban J connectivity index is 1.49. The minimum atomic E-state index is -0.552. The summed E-state index contributed by atoms with van der Waals surface area (Å²) in [4.78, 5) is 37.0. The fourth-order valence-electron chi connectivity index (χ4n) is 5.02. The van der Waals surface area contributed by atoms with Crippen LogP contribution in [0.5, 0.6) is 0 Å². The van der Waals surface area contributed by atoms with E-state index in [-0.39, 0.29) is 23.8 Å². The van der Waals surface area contributed by atoms with Gasteiger partial charge in [0.2, 0.25) is 11.9 Å². The number of rotatable bonds is 7. The van der Waals surface area contributed by atoms with Crippen molar-refractivity contribution in [1.29, 1.82) is 0 Å². The molecule has 9 nitrogen and oxygen atoms in total. The van der Waals surface area contributed by atoms with Crippen molar-refractivity contribution in [3.05, 3.63) is 94.3 Å². The highest BCUT2D eigenvalue weighted by atomic mass is 19.1. The average Bonchev–Trinajstić information content (AvgIpc) is 3.70. The average molecular weight is 525 g/mol. The van der Waals surface area contributed by atoms with Gasteiger partial charge in [-0.3, -0.25) is 14.2 Å². The number of fused-ring (bicyclic) bond motifs is 2. The SMILES string of the molecule is C=CC(=O)NCc1cc2c(-c3cccc(-n4ccc5cc(C6CC6)cc(F)c5c4=O)c3CO)nc(N)nc2[nH]1. The molecule has 0 aliphatic heterocycles. The summed E-state index contributed by atoms with van der Waals surface area (Å²) in [5.41, 5.74) is 9.30. The lowest BCUT2D eigenvalue weighted by Gasteiger charge is -2.16. The second-order valence-electron chi connectivity index (χ2n) is 9.60. The molecule has 0 unspecified atom stereocenters. The van der Waals surface area contributed by atoms with Crippen molar-refractivity contribution in [1.82, 2.24) is 24.8 Å². The lowest BCUT2D eigenvalue weighted by Crippen LogP contribution is -2.20. The number of carbonyl (C=O) groups is 1. The fraction of sp³-hybridized carbons (Fsp3) is 0.172. The highest BCUT2D eigenvalue weighted by molar-refractivity contribution is 5.94. The molecule has 1 aliphatic carbocycles. The predicted molar refractivity (Wildman–Crippen MR) is 147 cm³/mol. The highest BCUT2D eigenvalue weighted by Crippen LogP contribution is 2.41. The number of aliphatic hydroxyl groups excluding tert-OH is 1. The molecule has 0 spiro atoms. The van der Waals surface area contributed by atoms with Gasteiger partial charge in [0.15, 0.2) is 0 Å². The van der Waals surface area contributed by atoms with E-state index in [0.29, 0.717) is 50.5 Å². The number of anilines is 1. The standard InChI is InChI=1S/C29H25FN6O3/c1-2-24(38)32-13-18-12-20-26(34-29(31)35-27(20)33-18)19-4-3-5-23(21(19)14-37)36-9-8-16-10-17(15-6-7-15)11-22(30)25(16)28(36)39/h2-5,8-12,15,37H,1,6-7,13-14H2,(H,32,38)(H3,31,33,34,35). The third kappa shape index (κ3) is 4.34. The molecule has 3 aromatic heterocycles. The van der Waals surface area contributed by atoms with Crippen LogP contribution in [-0.2, 0) is 17.9 Å². The van der Waals surface area contributed by atoms with Gasteiger partial charge in [0.25, 0.3) is 5.56 Å². The van der Waals surface area contributed by atoms with Gasteiger partial charge in [-0.05, 0) is 60.1 Å². The minimum Gasteiger partial charge on any atom is -0.392 e. The van der Waals surface area contributed by atoms with Crippen molar-refractivity contribution in [2.45, 2.75) is 31.9 Å². The van der Waals surface area contributed by atoms with E-state index >= 15 is 4.39 Å². The van der Waals surface area contributed by atoms with E-state index in [2.05, 4.69) is 26.8 Å². The molecule has 1 fully saturated rings. The van der Waals surface area contributed by atoms with Crippen molar-refractivity contribution in [3.63, 3.8) is 0 Å². The zero-order valence-electron chi connectivity index (χ0n) is 20.9. The number of H-pyrrole nitrogens is 1. The number of benzene rings is 2. The van der Waals surface area contributed by atoms with Crippen molar-refractivity contribution in [2.75, 3.05) is 5.73 Å². The number of halogens is 1. The molecule has 1 amide bonds. The van der Waals surface area contributed by atoms with E-state index in [4.69, 9.17) is 5.73 Å². The molecule has 6 rings (SSSR count). The van der Waals surface area contributed by atoms with E-state index in [1.54, 1.807) is 36.5 Å². The smallest absolute Gasteiger partial charge is 0.265 e. The summed E-state index contributed by atoms with van der Waals surface area (Å²) in [5, 5.41) is 14.3. The number of pyridine rings is 1. The van der Waals surface area contributed by atoms with E-state index < -0.39 is 18.0 Å². The van der Waals surface area contributed by atoms with Gasteiger partial charge < -0.3 is 21.1 Å². The van der Waals surface area contributed by atoms with Crippen LogP contribution in [0.4, 0.5) is 10.3 Å². The lowest BCUT2D eigenvalue weighted by atomic mass is 10.00. The first-order valence-electron chi connectivity index (χ1n) is 12.5. The molecule has 196 valence electrons. The number of nitrogens with zero attached hydrogens (tertiary/aromatic N) is 3. The lowest BCUT2D eigenvalue weighted by molar-refractivity contribution is -0.116. The Labute approximate surface area is 221 Å². The Morgan fingerprint density at radius 2 is 2.08 bits per heavy atom. The molecule has 0 radical (unpaired) electrons. The van der Waals surface area contributed by atoms with Crippen LogP contribution in [0.3, 0.4) is 0 Å². The van der Waals surface area contributed by atoms with Crippen molar-refractivity contribution < 1.29 is 14.3 Å². The molecule has 0 saturated heterocycles. The number of hydrogen-bond donors (Lipinski definition) is 4. The Kier molecular flexibility index (Phi) is 5.96. The van der Waals surface area contributed by atoms with Crippen molar-refractivity contribution >= 4 is 33.7 Å². The Bertz CT molecular complexity index is 1850. The van der Waals surface area contributed by atoms with E-state index in [9.17, 15) is 14.7 Å². The molecule has 2 aromatic carbocycles. The summed E-state index contributed by atoms with van der Waals surface area (Å²) < 4.78 is 16.5. The summed E-state index contributed by atoms with van der Waals surface area (Å²) >= 11 is 0. The minimum absolute atomic E-state index is 0.00158. The molecule has 0 bridgehead atoms. The van der Waals surface area contributed by atoms with Crippen LogP contribution in [0.15, 0.2) is 66.1 Å². The maximum absolute atomic E-state index is 15.1. The number of amides is 1. The molecule has 1 saturated carbocycles. The van der Waals surface area contributed by atoms with E-state index in [1.807, 2.05) is 6.07 Å².